The van der Waals surface area contributed by atoms with E-state index in [1.54, 1.807) is 0 Å². The van der Waals surface area contributed by atoms with Gasteiger partial charge in [0.2, 0.25) is 11.7 Å². The number of rotatable bonds is 5. The van der Waals surface area contributed by atoms with Gasteiger partial charge in [-0.2, -0.15) is 4.98 Å². The fourth-order valence-electron chi connectivity index (χ4n) is 2.27. The van der Waals surface area contributed by atoms with Crippen molar-refractivity contribution in [2.75, 3.05) is 7.05 Å². The van der Waals surface area contributed by atoms with Crippen molar-refractivity contribution in [3.63, 3.8) is 0 Å². The summed E-state index contributed by atoms with van der Waals surface area (Å²) in [6.07, 6.45) is 0. The van der Waals surface area contributed by atoms with Crippen LogP contribution in [0.5, 0.6) is 0 Å². The maximum absolute atomic E-state index is 5.37. The third kappa shape index (κ3) is 4.28. The summed E-state index contributed by atoms with van der Waals surface area (Å²) < 4.78 is 7.46. The number of halogens is 2. The lowest BCUT2D eigenvalue weighted by Crippen LogP contribution is -2.17. The lowest BCUT2D eigenvalue weighted by atomic mass is 10.2. The van der Waals surface area contributed by atoms with Crippen molar-refractivity contribution in [2.45, 2.75) is 13.1 Å². The van der Waals surface area contributed by atoms with Crippen LogP contribution in [0.15, 0.2) is 62.0 Å². The lowest BCUT2D eigenvalue weighted by molar-refractivity contribution is 0.260. The third-order valence-corrected chi connectivity index (χ3v) is 4.62. The van der Waals surface area contributed by atoms with Gasteiger partial charge in [-0.05, 0) is 30.8 Å². The Bertz CT molecular complexity index is 804. The van der Waals surface area contributed by atoms with E-state index in [0.29, 0.717) is 18.3 Å². The van der Waals surface area contributed by atoms with Gasteiger partial charge in [0.25, 0.3) is 0 Å². The quantitative estimate of drug-likeness (QED) is 0.570. The van der Waals surface area contributed by atoms with Crippen LogP contribution in [0, 0.1) is 0 Å². The van der Waals surface area contributed by atoms with Gasteiger partial charge in [0.05, 0.1) is 6.54 Å². The van der Waals surface area contributed by atoms with Crippen LogP contribution in [0.3, 0.4) is 0 Å². The Kier molecular flexibility index (Phi) is 5.25. The average molecular weight is 437 g/mol. The van der Waals surface area contributed by atoms with Gasteiger partial charge in [0.15, 0.2) is 0 Å². The zero-order valence-corrected chi connectivity index (χ0v) is 15.7. The van der Waals surface area contributed by atoms with Gasteiger partial charge >= 0.3 is 0 Å². The highest BCUT2D eigenvalue weighted by molar-refractivity contribution is 9.10. The third-order valence-electron chi connectivity index (χ3n) is 3.35. The van der Waals surface area contributed by atoms with E-state index in [0.717, 1.165) is 21.1 Å². The maximum Gasteiger partial charge on any atom is 0.241 e. The molecular formula is C17H15Br2N3O. The molecule has 3 rings (SSSR count). The average Bonchev–Trinajstić information content (AvgIpc) is 2.98. The van der Waals surface area contributed by atoms with Gasteiger partial charge in [-0.3, -0.25) is 4.90 Å². The van der Waals surface area contributed by atoms with Crippen LogP contribution < -0.4 is 0 Å². The van der Waals surface area contributed by atoms with Crippen molar-refractivity contribution < 1.29 is 4.52 Å². The first kappa shape index (κ1) is 16.4. The van der Waals surface area contributed by atoms with E-state index in [2.05, 4.69) is 53.0 Å². The van der Waals surface area contributed by atoms with Crippen LogP contribution in [0.2, 0.25) is 0 Å². The Morgan fingerprint density at radius 3 is 2.65 bits per heavy atom. The molecule has 3 aromatic rings. The molecule has 6 heteroatoms. The summed E-state index contributed by atoms with van der Waals surface area (Å²) in [4.78, 5) is 6.61. The fraction of sp³-hybridized carbons (Fsp3) is 0.176. The highest BCUT2D eigenvalue weighted by Gasteiger charge is 2.12. The van der Waals surface area contributed by atoms with Crippen LogP contribution in [0.4, 0.5) is 0 Å². The second-order valence-corrected chi connectivity index (χ2v) is 7.06. The van der Waals surface area contributed by atoms with Crippen LogP contribution in [-0.2, 0) is 13.1 Å². The Morgan fingerprint density at radius 1 is 1.04 bits per heavy atom. The molecule has 0 aliphatic rings. The predicted molar refractivity (Wildman–Crippen MR) is 96.7 cm³/mol. The van der Waals surface area contributed by atoms with E-state index in [1.807, 2.05) is 49.5 Å². The number of benzene rings is 2. The topological polar surface area (TPSA) is 42.2 Å². The standard InChI is InChI=1S/C17H15Br2N3O/c1-22(10-13-5-2-3-8-15(13)19)11-16-20-17(21-23-16)12-6-4-7-14(18)9-12/h2-9H,10-11H2,1H3. The first-order chi connectivity index (χ1) is 11.1. The van der Waals surface area contributed by atoms with Gasteiger partial charge < -0.3 is 4.52 Å². The summed E-state index contributed by atoms with van der Waals surface area (Å²) in [7, 11) is 2.03. The number of hydrogen-bond acceptors (Lipinski definition) is 4. The molecule has 1 aromatic heterocycles. The first-order valence-corrected chi connectivity index (χ1v) is 8.71. The normalized spacial score (nSPS) is 11.1. The first-order valence-electron chi connectivity index (χ1n) is 7.12. The summed E-state index contributed by atoms with van der Waals surface area (Å²) in [5.74, 6) is 1.21. The molecule has 0 bridgehead atoms. The van der Waals surface area contributed by atoms with Crippen molar-refractivity contribution in [2.24, 2.45) is 0 Å². The molecule has 0 aliphatic heterocycles. The molecule has 0 N–H and O–H groups in total. The van der Waals surface area contributed by atoms with Gasteiger partial charge in [-0.1, -0.05) is 67.3 Å². The molecule has 0 aliphatic carbocycles. The Labute approximate surface area is 151 Å². The minimum Gasteiger partial charge on any atom is -0.338 e. The molecule has 0 fully saturated rings. The molecule has 118 valence electrons. The summed E-state index contributed by atoms with van der Waals surface area (Å²) in [5.41, 5.74) is 2.16. The minimum absolute atomic E-state index is 0.600. The molecule has 0 atom stereocenters. The molecule has 0 saturated heterocycles. The van der Waals surface area contributed by atoms with E-state index in [9.17, 15) is 0 Å². The van der Waals surface area contributed by atoms with Crippen LogP contribution in [0.1, 0.15) is 11.5 Å². The van der Waals surface area contributed by atoms with E-state index in [-0.39, 0.29) is 0 Å². The zero-order valence-electron chi connectivity index (χ0n) is 12.5. The molecule has 4 nitrogen and oxygen atoms in total. The lowest BCUT2D eigenvalue weighted by Gasteiger charge is -2.15. The van der Waals surface area contributed by atoms with Crippen molar-refractivity contribution in [1.82, 2.24) is 15.0 Å². The van der Waals surface area contributed by atoms with Gasteiger partial charge in [0, 0.05) is 21.1 Å². The van der Waals surface area contributed by atoms with Gasteiger partial charge in [-0.25, -0.2) is 0 Å². The molecule has 0 spiro atoms. The molecule has 0 radical (unpaired) electrons. The minimum atomic E-state index is 0.600. The van der Waals surface area contributed by atoms with Gasteiger partial charge in [-0.15, -0.1) is 0 Å². The van der Waals surface area contributed by atoms with Crippen LogP contribution >= 0.6 is 31.9 Å². The summed E-state index contributed by atoms with van der Waals surface area (Å²) >= 11 is 7.02. The molecule has 2 aromatic carbocycles. The SMILES string of the molecule is CN(Cc1nc(-c2cccc(Br)c2)no1)Cc1ccccc1Br. The molecule has 0 unspecified atom stereocenters. The zero-order chi connectivity index (χ0) is 16.2. The molecule has 23 heavy (non-hydrogen) atoms. The van der Waals surface area contributed by atoms with E-state index in [4.69, 9.17) is 4.52 Å². The smallest absolute Gasteiger partial charge is 0.241 e. The van der Waals surface area contributed by atoms with Crippen molar-refractivity contribution >= 4 is 31.9 Å². The maximum atomic E-state index is 5.37. The van der Waals surface area contributed by atoms with Crippen molar-refractivity contribution in [3.05, 3.63) is 68.9 Å². The summed E-state index contributed by atoms with van der Waals surface area (Å²) in [6, 6.07) is 16.0. The number of hydrogen-bond donors (Lipinski definition) is 0. The Morgan fingerprint density at radius 2 is 1.87 bits per heavy atom. The molecular weight excluding hydrogens is 422 g/mol. The monoisotopic (exact) mass is 435 g/mol. The summed E-state index contributed by atoms with van der Waals surface area (Å²) in [5, 5.41) is 4.06. The Balaban J connectivity index is 1.68. The Hall–Kier alpha value is -1.50. The predicted octanol–water partition coefficient (Wildman–Crippen LogP) is 4.89. The van der Waals surface area contributed by atoms with Crippen molar-refractivity contribution in [1.29, 1.82) is 0 Å². The largest absolute Gasteiger partial charge is 0.338 e. The summed E-state index contributed by atoms with van der Waals surface area (Å²) in [6.45, 7) is 1.40. The number of nitrogens with zero attached hydrogens (tertiary/aromatic N) is 3. The molecule has 1 heterocycles. The van der Waals surface area contributed by atoms with E-state index in [1.165, 1.54) is 5.56 Å². The van der Waals surface area contributed by atoms with E-state index < -0.39 is 0 Å². The van der Waals surface area contributed by atoms with Crippen LogP contribution in [0.25, 0.3) is 11.4 Å². The second kappa shape index (κ2) is 7.38. The molecule has 0 amide bonds. The number of aromatic nitrogens is 2. The van der Waals surface area contributed by atoms with Crippen LogP contribution in [-0.4, -0.2) is 22.1 Å². The highest BCUT2D eigenvalue weighted by atomic mass is 79.9. The highest BCUT2D eigenvalue weighted by Crippen LogP contribution is 2.21. The fourth-order valence-corrected chi connectivity index (χ4v) is 3.08. The second-order valence-electron chi connectivity index (χ2n) is 5.29. The molecule has 0 saturated carbocycles. The van der Waals surface area contributed by atoms with E-state index >= 15 is 0 Å². The van der Waals surface area contributed by atoms with Gasteiger partial charge in [0.1, 0.15) is 0 Å². The van der Waals surface area contributed by atoms with Crippen molar-refractivity contribution in [3.8, 4) is 11.4 Å².